The largest absolute Gasteiger partial charge is 0.444 e. The first-order valence-electron chi connectivity index (χ1n) is 7.07. The normalized spacial score (nSPS) is 19.1. The number of hydrogen-bond donors (Lipinski definition) is 1. The van der Waals surface area contributed by atoms with Crippen LogP contribution in [0.5, 0.6) is 0 Å². The van der Waals surface area contributed by atoms with Crippen LogP contribution in [-0.2, 0) is 6.54 Å². The zero-order valence-electron chi connectivity index (χ0n) is 11.7. The molecular weight excluding hydrogens is 252 g/mol. The molecule has 106 valence electrons. The minimum Gasteiger partial charge on any atom is -0.444 e. The van der Waals surface area contributed by atoms with E-state index in [1.165, 1.54) is 0 Å². The predicted octanol–water partition coefficient (Wildman–Crippen LogP) is 2.69. The quantitative estimate of drug-likeness (QED) is 0.933. The van der Waals surface area contributed by atoms with Gasteiger partial charge in [0.25, 0.3) is 0 Å². The standard InChI is InChI=1S/C16H20N2O2/c1-16(19)7-9-18(10-8-16)11-14-12-20-15(17-14)13-5-3-2-4-6-13/h2-6,12,19H,7-11H2,1H3. The van der Waals surface area contributed by atoms with E-state index in [9.17, 15) is 5.11 Å². The predicted molar refractivity (Wildman–Crippen MR) is 77.1 cm³/mol. The molecule has 1 aromatic heterocycles. The molecule has 4 nitrogen and oxygen atoms in total. The summed E-state index contributed by atoms with van der Waals surface area (Å²) in [5.74, 6) is 0.671. The highest BCUT2D eigenvalue weighted by Crippen LogP contribution is 2.23. The van der Waals surface area contributed by atoms with Crippen LogP contribution in [0.3, 0.4) is 0 Å². The van der Waals surface area contributed by atoms with Crippen molar-refractivity contribution in [3.63, 3.8) is 0 Å². The fraction of sp³-hybridized carbons (Fsp3) is 0.438. The van der Waals surface area contributed by atoms with Gasteiger partial charge in [0.05, 0.1) is 11.3 Å². The number of piperidine rings is 1. The Kier molecular flexibility index (Phi) is 3.59. The van der Waals surface area contributed by atoms with Gasteiger partial charge in [-0.15, -0.1) is 0 Å². The maximum atomic E-state index is 9.95. The van der Waals surface area contributed by atoms with Crippen LogP contribution >= 0.6 is 0 Å². The zero-order valence-corrected chi connectivity index (χ0v) is 11.7. The van der Waals surface area contributed by atoms with E-state index in [0.717, 1.165) is 43.7 Å². The summed E-state index contributed by atoms with van der Waals surface area (Å²) in [5, 5.41) is 9.95. The van der Waals surface area contributed by atoms with E-state index in [1.54, 1.807) is 6.26 Å². The molecule has 2 heterocycles. The first-order chi connectivity index (χ1) is 9.62. The van der Waals surface area contributed by atoms with Crippen LogP contribution < -0.4 is 0 Å². The highest BCUT2D eigenvalue weighted by Gasteiger charge is 2.27. The molecule has 0 spiro atoms. The number of likely N-dealkylation sites (tertiary alicyclic amines) is 1. The third kappa shape index (κ3) is 3.08. The Balaban J connectivity index is 1.64. The van der Waals surface area contributed by atoms with Gasteiger partial charge in [-0.25, -0.2) is 4.98 Å². The number of aromatic nitrogens is 1. The second-order valence-corrected chi connectivity index (χ2v) is 5.78. The first kappa shape index (κ1) is 13.3. The molecule has 1 N–H and O–H groups in total. The molecule has 0 amide bonds. The number of aliphatic hydroxyl groups is 1. The van der Waals surface area contributed by atoms with Crippen LogP contribution in [0.2, 0.25) is 0 Å². The molecule has 1 aliphatic rings. The molecular formula is C16H20N2O2. The van der Waals surface area contributed by atoms with Crippen LogP contribution in [0.15, 0.2) is 41.0 Å². The van der Waals surface area contributed by atoms with E-state index < -0.39 is 5.60 Å². The molecule has 20 heavy (non-hydrogen) atoms. The number of nitrogens with zero attached hydrogens (tertiary/aromatic N) is 2. The Labute approximate surface area is 119 Å². The third-order valence-corrected chi connectivity index (χ3v) is 3.89. The van der Waals surface area contributed by atoms with E-state index in [4.69, 9.17) is 4.42 Å². The molecule has 0 unspecified atom stereocenters. The molecule has 3 rings (SSSR count). The molecule has 4 heteroatoms. The van der Waals surface area contributed by atoms with Gasteiger partial charge in [0.2, 0.25) is 5.89 Å². The molecule has 1 aliphatic heterocycles. The Bertz CT molecular complexity index is 553. The molecule has 0 aliphatic carbocycles. The monoisotopic (exact) mass is 272 g/mol. The maximum absolute atomic E-state index is 9.95. The van der Waals surface area contributed by atoms with Gasteiger partial charge in [0, 0.05) is 25.2 Å². The van der Waals surface area contributed by atoms with E-state index in [2.05, 4.69) is 9.88 Å². The van der Waals surface area contributed by atoms with Crippen molar-refractivity contribution in [1.29, 1.82) is 0 Å². The molecule has 0 atom stereocenters. The molecule has 1 fully saturated rings. The third-order valence-electron chi connectivity index (χ3n) is 3.89. The second kappa shape index (κ2) is 5.38. The molecule has 0 saturated carbocycles. The van der Waals surface area contributed by atoms with Crippen LogP contribution in [0.25, 0.3) is 11.5 Å². The Morgan fingerprint density at radius 2 is 1.95 bits per heavy atom. The van der Waals surface area contributed by atoms with Gasteiger partial charge >= 0.3 is 0 Å². The van der Waals surface area contributed by atoms with Crippen molar-refractivity contribution >= 4 is 0 Å². The first-order valence-corrected chi connectivity index (χ1v) is 7.07. The molecule has 0 bridgehead atoms. The summed E-state index contributed by atoms with van der Waals surface area (Å²) in [5.41, 5.74) is 1.45. The van der Waals surface area contributed by atoms with Crippen molar-refractivity contribution < 1.29 is 9.52 Å². The highest BCUT2D eigenvalue weighted by atomic mass is 16.3. The van der Waals surface area contributed by atoms with Crippen LogP contribution in [-0.4, -0.2) is 33.7 Å². The molecule has 0 radical (unpaired) electrons. The summed E-state index contributed by atoms with van der Waals surface area (Å²) in [6, 6.07) is 9.92. The van der Waals surface area contributed by atoms with Gasteiger partial charge in [0.1, 0.15) is 6.26 Å². The average molecular weight is 272 g/mol. The van der Waals surface area contributed by atoms with Gasteiger partial charge in [-0.3, -0.25) is 4.90 Å². The van der Waals surface area contributed by atoms with E-state index in [1.807, 2.05) is 37.3 Å². The number of oxazole rings is 1. The second-order valence-electron chi connectivity index (χ2n) is 5.78. The Morgan fingerprint density at radius 1 is 1.25 bits per heavy atom. The molecule has 1 saturated heterocycles. The maximum Gasteiger partial charge on any atom is 0.226 e. The number of hydrogen-bond acceptors (Lipinski definition) is 4. The van der Waals surface area contributed by atoms with Crippen LogP contribution in [0, 0.1) is 0 Å². The summed E-state index contributed by atoms with van der Waals surface area (Å²) in [7, 11) is 0. The highest BCUT2D eigenvalue weighted by molar-refractivity contribution is 5.52. The molecule has 2 aromatic rings. The van der Waals surface area contributed by atoms with Gasteiger partial charge in [0.15, 0.2) is 0 Å². The Hall–Kier alpha value is -1.65. The van der Waals surface area contributed by atoms with Crippen molar-refractivity contribution in [3.05, 3.63) is 42.3 Å². The lowest BCUT2D eigenvalue weighted by Gasteiger charge is -2.35. The smallest absolute Gasteiger partial charge is 0.226 e. The lowest BCUT2D eigenvalue weighted by molar-refractivity contribution is -0.00757. The summed E-state index contributed by atoms with van der Waals surface area (Å²) >= 11 is 0. The number of benzene rings is 1. The van der Waals surface area contributed by atoms with Gasteiger partial charge in [-0.2, -0.15) is 0 Å². The fourth-order valence-electron chi connectivity index (χ4n) is 2.51. The lowest BCUT2D eigenvalue weighted by Crippen LogP contribution is -2.41. The molecule has 1 aromatic carbocycles. The SMILES string of the molecule is CC1(O)CCN(Cc2coc(-c3ccccc3)n2)CC1. The van der Waals surface area contributed by atoms with Gasteiger partial charge < -0.3 is 9.52 Å². The van der Waals surface area contributed by atoms with Crippen molar-refractivity contribution in [1.82, 2.24) is 9.88 Å². The summed E-state index contributed by atoms with van der Waals surface area (Å²) < 4.78 is 5.55. The Morgan fingerprint density at radius 3 is 2.65 bits per heavy atom. The summed E-state index contributed by atoms with van der Waals surface area (Å²) in [6.45, 7) is 4.50. The van der Waals surface area contributed by atoms with Crippen molar-refractivity contribution in [3.8, 4) is 11.5 Å². The van der Waals surface area contributed by atoms with Gasteiger partial charge in [-0.1, -0.05) is 18.2 Å². The minimum atomic E-state index is -0.504. The average Bonchev–Trinajstić information content (AvgIpc) is 2.91. The van der Waals surface area contributed by atoms with E-state index in [0.29, 0.717) is 5.89 Å². The van der Waals surface area contributed by atoms with Gasteiger partial charge in [-0.05, 0) is 31.9 Å². The lowest BCUT2D eigenvalue weighted by atomic mass is 9.94. The van der Waals surface area contributed by atoms with E-state index in [-0.39, 0.29) is 0 Å². The van der Waals surface area contributed by atoms with Crippen molar-refractivity contribution in [2.24, 2.45) is 0 Å². The van der Waals surface area contributed by atoms with Crippen LogP contribution in [0.4, 0.5) is 0 Å². The summed E-state index contributed by atoms with van der Waals surface area (Å²) in [6.07, 6.45) is 3.36. The van der Waals surface area contributed by atoms with Crippen LogP contribution in [0.1, 0.15) is 25.5 Å². The fourth-order valence-corrected chi connectivity index (χ4v) is 2.51. The summed E-state index contributed by atoms with van der Waals surface area (Å²) in [4.78, 5) is 6.85. The minimum absolute atomic E-state index is 0.504. The van der Waals surface area contributed by atoms with Crippen molar-refractivity contribution in [2.45, 2.75) is 31.9 Å². The topological polar surface area (TPSA) is 49.5 Å². The number of rotatable bonds is 3. The zero-order chi connectivity index (χ0) is 14.0. The van der Waals surface area contributed by atoms with Crippen molar-refractivity contribution in [2.75, 3.05) is 13.1 Å². The van der Waals surface area contributed by atoms with E-state index >= 15 is 0 Å².